The van der Waals surface area contributed by atoms with E-state index in [4.69, 9.17) is 10.2 Å². The Hall–Kier alpha value is -0.200. The molecular formula is C8H18O5. The van der Waals surface area contributed by atoms with Gasteiger partial charge in [0.15, 0.2) is 0 Å². The number of rotatable bonds is 6. The second kappa shape index (κ2) is 6.28. The van der Waals surface area contributed by atoms with Gasteiger partial charge in [0.2, 0.25) is 0 Å². The third-order valence-corrected chi connectivity index (χ3v) is 2.06. The van der Waals surface area contributed by atoms with Crippen molar-refractivity contribution >= 4 is 0 Å². The number of methoxy groups -OCH3 is 1. The maximum absolute atomic E-state index is 9.42. The molecule has 0 amide bonds. The van der Waals surface area contributed by atoms with E-state index in [1.54, 1.807) is 6.92 Å². The van der Waals surface area contributed by atoms with Gasteiger partial charge in [-0.2, -0.15) is 0 Å². The molecule has 0 aliphatic heterocycles. The highest BCUT2D eigenvalue weighted by atomic mass is 16.5. The highest BCUT2D eigenvalue weighted by Gasteiger charge is 2.27. The molecule has 0 heterocycles. The second-order valence-corrected chi connectivity index (χ2v) is 3.12. The van der Waals surface area contributed by atoms with Crippen molar-refractivity contribution in [3.8, 4) is 0 Å². The molecule has 0 aliphatic rings. The number of hydrogen-bond acceptors (Lipinski definition) is 5. The van der Waals surface area contributed by atoms with Gasteiger partial charge in [-0.25, -0.2) is 0 Å². The van der Waals surface area contributed by atoms with E-state index in [1.807, 2.05) is 0 Å². The predicted octanol–water partition coefficient (Wildman–Crippen LogP) is -1.66. The summed E-state index contributed by atoms with van der Waals surface area (Å²) in [6, 6.07) is 0. The molecule has 0 fully saturated rings. The summed E-state index contributed by atoms with van der Waals surface area (Å²) in [7, 11) is 1.41. The number of aliphatic hydroxyl groups excluding tert-OH is 4. The van der Waals surface area contributed by atoms with Crippen LogP contribution in [0.4, 0.5) is 0 Å². The van der Waals surface area contributed by atoms with E-state index in [0.717, 1.165) is 0 Å². The van der Waals surface area contributed by atoms with Crippen molar-refractivity contribution in [2.45, 2.75) is 25.2 Å². The van der Waals surface area contributed by atoms with Gasteiger partial charge >= 0.3 is 0 Å². The lowest BCUT2D eigenvalue weighted by atomic mass is 9.95. The third-order valence-electron chi connectivity index (χ3n) is 2.06. The van der Waals surface area contributed by atoms with Crippen LogP contribution in [-0.4, -0.2) is 59.1 Å². The topological polar surface area (TPSA) is 90.2 Å². The Morgan fingerprint density at radius 2 is 1.69 bits per heavy atom. The van der Waals surface area contributed by atoms with Crippen molar-refractivity contribution in [3.63, 3.8) is 0 Å². The first-order valence-corrected chi connectivity index (χ1v) is 4.18. The zero-order chi connectivity index (χ0) is 10.4. The Morgan fingerprint density at radius 1 is 1.15 bits per heavy atom. The van der Waals surface area contributed by atoms with E-state index in [-0.39, 0.29) is 6.61 Å². The van der Waals surface area contributed by atoms with Gasteiger partial charge in [0, 0.05) is 13.0 Å². The van der Waals surface area contributed by atoms with Gasteiger partial charge in [0.25, 0.3) is 0 Å². The van der Waals surface area contributed by atoms with Gasteiger partial charge in [0.05, 0.1) is 25.4 Å². The number of ether oxygens (including phenoxy) is 1. The van der Waals surface area contributed by atoms with Crippen LogP contribution in [0.5, 0.6) is 0 Å². The monoisotopic (exact) mass is 194 g/mol. The highest BCUT2D eigenvalue weighted by molar-refractivity contribution is 4.77. The van der Waals surface area contributed by atoms with Crippen molar-refractivity contribution in [1.82, 2.24) is 0 Å². The molecule has 5 nitrogen and oxygen atoms in total. The maximum Gasteiger partial charge on any atom is 0.103 e. The van der Waals surface area contributed by atoms with Crippen LogP contribution < -0.4 is 0 Å². The summed E-state index contributed by atoms with van der Waals surface area (Å²) in [6.07, 6.45) is -3.16. The minimum absolute atomic E-state index is 0.00363. The molecule has 0 spiro atoms. The molecule has 5 heteroatoms. The zero-order valence-corrected chi connectivity index (χ0v) is 7.92. The quantitative estimate of drug-likeness (QED) is 0.406. The summed E-state index contributed by atoms with van der Waals surface area (Å²) in [6.45, 7) is 1.12. The molecule has 80 valence electrons. The summed E-state index contributed by atoms with van der Waals surface area (Å²) >= 11 is 0. The molecule has 0 aromatic heterocycles. The average molecular weight is 194 g/mol. The Bertz CT molecular complexity index is 130. The van der Waals surface area contributed by atoms with E-state index in [9.17, 15) is 10.2 Å². The molecule has 0 aliphatic carbocycles. The number of hydrogen-bond donors (Lipinski definition) is 4. The van der Waals surface area contributed by atoms with Crippen molar-refractivity contribution in [3.05, 3.63) is 0 Å². The molecule has 4 N–H and O–H groups in total. The Balaban J connectivity index is 3.99. The van der Waals surface area contributed by atoms with Gasteiger partial charge in [-0.15, -0.1) is 0 Å². The smallest absolute Gasteiger partial charge is 0.103 e. The summed E-state index contributed by atoms with van der Waals surface area (Å²) in [5.74, 6) is -0.588. The zero-order valence-electron chi connectivity index (χ0n) is 7.92. The summed E-state index contributed by atoms with van der Waals surface area (Å²) in [5.41, 5.74) is 0. The molecule has 0 radical (unpaired) electrons. The molecule has 13 heavy (non-hydrogen) atoms. The van der Waals surface area contributed by atoms with E-state index < -0.39 is 30.8 Å². The van der Waals surface area contributed by atoms with E-state index in [0.29, 0.717) is 0 Å². The minimum Gasteiger partial charge on any atom is -0.394 e. The molecule has 0 aromatic carbocycles. The van der Waals surface area contributed by atoms with Crippen LogP contribution in [0.25, 0.3) is 0 Å². The largest absolute Gasteiger partial charge is 0.394 e. The van der Waals surface area contributed by atoms with Crippen LogP contribution in [0.15, 0.2) is 0 Å². The Labute approximate surface area is 77.6 Å². The fourth-order valence-corrected chi connectivity index (χ4v) is 1.01. The first-order valence-electron chi connectivity index (χ1n) is 4.18. The van der Waals surface area contributed by atoms with Gasteiger partial charge in [-0.1, -0.05) is 6.92 Å². The van der Waals surface area contributed by atoms with E-state index >= 15 is 0 Å². The SMILES string of the molecule is COC[C@@H](O)C(O)C(C)[C@H](O)CO. The fourth-order valence-electron chi connectivity index (χ4n) is 1.01. The van der Waals surface area contributed by atoms with E-state index in [1.165, 1.54) is 7.11 Å². The van der Waals surface area contributed by atoms with Crippen molar-refractivity contribution in [2.24, 2.45) is 5.92 Å². The van der Waals surface area contributed by atoms with Crippen LogP contribution in [-0.2, 0) is 4.74 Å². The lowest BCUT2D eigenvalue weighted by Crippen LogP contribution is -2.41. The lowest BCUT2D eigenvalue weighted by Gasteiger charge is -2.26. The van der Waals surface area contributed by atoms with Crippen molar-refractivity contribution in [1.29, 1.82) is 0 Å². The lowest BCUT2D eigenvalue weighted by molar-refractivity contribution is -0.0832. The summed E-state index contributed by atoms with van der Waals surface area (Å²) in [4.78, 5) is 0. The molecule has 0 bridgehead atoms. The molecule has 2 unspecified atom stereocenters. The average Bonchev–Trinajstić information content (AvgIpc) is 2.14. The maximum atomic E-state index is 9.42. The standard InChI is InChI=1S/C8H18O5/c1-5(6(10)3-9)8(12)7(11)4-13-2/h5-12H,3-4H2,1-2H3/t5?,6-,7-,8?/m1/s1. The van der Waals surface area contributed by atoms with Crippen LogP contribution in [0, 0.1) is 5.92 Å². The van der Waals surface area contributed by atoms with Gasteiger partial charge in [0.1, 0.15) is 6.10 Å². The predicted molar refractivity (Wildman–Crippen MR) is 46.1 cm³/mol. The Morgan fingerprint density at radius 3 is 2.08 bits per heavy atom. The van der Waals surface area contributed by atoms with Crippen LogP contribution in [0.3, 0.4) is 0 Å². The first-order chi connectivity index (χ1) is 6.04. The first kappa shape index (κ1) is 12.8. The molecule has 0 rings (SSSR count). The van der Waals surface area contributed by atoms with Crippen LogP contribution >= 0.6 is 0 Å². The highest BCUT2D eigenvalue weighted by Crippen LogP contribution is 2.12. The van der Waals surface area contributed by atoms with Gasteiger partial charge in [-0.05, 0) is 0 Å². The normalized spacial score (nSPS) is 20.8. The summed E-state index contributed by atoms with van der Waals surface area (Å²) in [5, 5.41) is 36.4. The van der Waals surface area contributed by atoms with Crippen molar-refractivity contribution < 1.29 is 25.2 Å². The minimum atomic E-state index is -1.10. The molecule has 0 saturated heterocycles. The fraction of sp³-hybridized carbons (Fsp3) is 1.00. The van der Waals surface area contributed by atoms with E-state index in [2.05, 4.69) is 4.74 Å². The van der Waals surface area contributed by atoms with Gasteiger partial charge in [-0.3, -0.25) is 0 Å². The van der Waals surface area contributed by atoms with Crippen LogP contribution in [0.1, 0.15) is 6.92 Å². The molecule has 4 atom stereocenters. The molecule has 0 aromatic rings. The number of aliphatic hydroxyl groups is 4. The van der Waals surface area contributed by atoms with Gasteiger partial charge < -0.3 is 25.2 Å². The second-order valence-electron chi connectivity index (χ2n) is 3.12. The third kappa shape index (κ3) is 4.02. The van der Waals surface area contributed by atoms with Crippen molar-refractivity contribution in [2.75, 3.05) is 20.3 Å². The molecular weight excluding hydrogens is 176 g/mol. The van der Waals surface area contributed by atoms with Crippen LogP contribution in [0.2, 0.25) is 0 Å². The Kier molecular flexibility index (Phi) is 6.19. The summed E-state index contributed by atoms with van der Waals surface area (Å²) < 4.78 is 4.63. The molecule has 0 saturated carbocycles.